The molecule has 0 amide bonds. The lowest BCUT2D eigenvalue weighted by Crippen LogP contribution is -2.32. The third kappa shape index (κ3) is 3.71. The number of hydrogen-bond donors (Lipinski definition) is 2. The Kier molecular flexibility index (Phi) is 4.69. The fourth-order valence-corrected chi connectivity index (χ4v) is 2.43. The van der Waals surface area contributed by atoms with Crippen molar-refractivity contribution in [3.8, 4) is 0 Å². The van der Waals surface area contributed by atoms with Crippen LogP contribution < -0.4 is 10.0 Å². The van der Waals surface area contributed by atoms with Crippen molar-refractivity contribution in [1.82, 2.24) is 0 Å². The first-order valence-corrected chi connectivity index (χ1v) is 6.99. The summed E-state index contributed by atoms with van der Waals surface area (Å²) in [5.41, 5.74) is 0.323. The molecular formula is C11H16N2O4S. The van der Waals surface area contributed by atoms with Crippen molar-refractivity contribution in [3.63, 3.8) is 0 Å². The summed E-state index contributed by atoms with van der Waals surface area (Å²) in [5, 5.41) is 14.0. The van der Waals surface area contributed by atoms with Gasteiger partial charge in [0.2, 0.25) is 10.0 Å². The highest BCUT2D eigenvalue weighted by Gasteiger charge is 2.19. The summed E-state index contributed by atoms with van der Waals surface area (Å²) in [6.07, 6.45) is 0.701. The first-order valence-electron chi connectivity index (χ1n) is 5.44. The Morgan fingerprint density at radius 3 is 2.50 bits per heavy atom. The van der Waals surface area contributed by atoms with Gasteiger partial charge in [0.05, 0.1) is 5.69 Å². The summed E-state index contributed by atoms with van der Waals surface area (Å²) in [5.74, 6) is -1.02. The first-order chi connectivity index (χ1) is 8.36. The topological polar surface area (TPSA) is 101 Å². The molecule has 0 fully saturated rings. The molecule has 0 aliphatic carbocycles. The molecule has 6 nitrogen and oxygen atoms in total. The van der Waals surface area contributed by atoms with Gasteiger partial charge in [0.15, 0.2) is 0 Å². The van der Waals surface area contributed by atoms with Crippen molar-refractivity contribution in [1.29, 1.82) is 0 Å². The van der Waals surface area contributed by atoms with Crippen molar-refractivity contribution < 1.29 is 18.3 Å². The highest BCUT2D eigenvalue weighted by molar-refractivity contribution is 7.89. The van der Waals surface area contributed by atoms with Gasteiger partial charge in [-0.15, -0.1) is 0 Å². The zero-order chi connectivity index (χ0) is 13.8. The van der Waals surface area contributed by atoms with E-state index in [0.717, 1.165) is 0 Å². The lowest BCUT2D eigenvalue weighted by molar-refractivity contribution is -0.135. The molecule has 18 heavy (non-hydrogen) atoms. The van der Waals surface area contributed by atoms with Crippen LogP contribution in [-0.4, -0.2) is 32.6 Å². The zero-order valence-electron chi connectivity index (χ0n) is 10.0. The maximum absolute atomic E-state index is 11.5. The van der Waals surface area contributed by atoms with Crippen LogP contribution in [0.1, 0.15) is 13.3 Å². The Bertz CT molecular complexity index is 528. The maximum Gasteiger partial charge on any atom is 0.323 e. The fraction of sp³-hybridized carbons (Fsp3) is 0.364. The molecule has 1 aromatic rings. The van der Waals surface area contributed by atoms with Gasteiger partial charge in [-0.3, -0.25) is 4.79 Å². The molecule has 0 radical (unpaired) electrons. The van der Waals surface area contributed by atoms with Crippen LogP contribution in [0.2, 0.25) is 0 Å². The van der Waals surface area contributed by atoms with E-state index in [1.165, 1.54) is 11.0 Å². The SMILES string of the molecule is CCCN(CC(=O)O)c1ccccc1S(N)(=O)=O. The van der Waals surface area contributed by atoms with Gasteiger partial charge in [-0.05, 0) is 18.6 Å². The number of primary sulfonamides is 1. The van der Waals surface area contributed by atoms with Gasteiger partial charge < -0.3 is 10.0 Å². The smallest absolute Gasteiger partial charge is 0.323 e. The number of nitrogens with two attached hydrogens (primary N) is 1. The summed E-state index contributed by atoms with van der Waals surface area (Å²) in [6, 6.07) is 6.12. The molecule has 0 saturated heterocycles. The average molecular weight is 272 g/mol. The molecule has 0 spiro atoms. The summed E-state index contributed by atoms with van der Waals surface area (Å²) < 4.78 is 22.9. The predicted octanol–water partition coefficient (Wildman–Crippen LogP) is 0.635. The van der Waals surface area contributed by atoms with Crippen LogP contribution in [0.15, 0.2) is 29.2 Å². The molecule has 100 valence electrons. The summed E-state index contributed by atoms with van der Waals surface area (Å²) in [7, 11) is -3.87. The number of hydrogen-bond acceptors (Lipinski definition) is 4. The van der Waals surface area contributed by atoms with Crippen LogP contribution in [0.5, 0.6) is 0 Å². The highest BCUT2D eigenvalue weighted by atomic mass is 32.2. The van der Waals surface area contributed by atoms with E-state index in [1.807, 2.05) is 6.92 Å². The predicted molar refractivity (Wildman–Crippen MR) is 68.0 cm³/mol. The fourth-order valence-electron chi connectivity index (χ4n) is 1.68. The first kappa shape index (κ1) is 14.5. The third-order valence-electron chi connectivity index (χ3n) is 2.33. The minimum Gasteiger partial charge on any atom is -0.480 e. The van der Waals surface area contributed by atoms with Crippen LogP contribution in [0.25, 0.3) is 0 Å². The Hall–Kier alpha value is -1.60. The van der Waals surface area contributed by atoms with Crippen LogP contribution >= 0.6 is 0 Å². The molecule has 1 rings (SSSR count). The molecule has 0 saturated carbocycles. The van der Waals surface area contributed by atoms with Gasteiger partial charge >= 0.3 is 5.97 Å². The number of carboxylic acid groups (broad SMARTS) is 1. The largest absolute Gasteiger partial charge is 0.480 e. The Labute approximate surface area is 106 Å². The van der Waals surface area contributed by atoms with Crippen molar-refractivity contribution in [3.05, 3.63) is 24.3 Å². The number of sulfonamides is 1. The van der Waals surface area contributed by atoms with Crippen LogP contribution in [0.3, 0.4) is 0 Å². The number of carbonyl (C=O) groups is 1. The molecule has 0 aliphatic heterocycles. The normalized spacial score (nSPS) is 11.2. The number of para-hydroxylation sites is 1. The summed E-state index contributed by atoms with van der Waals surface area (Å²) in [4.78, 5) is 12.2. The number of benzene rings is 1. The lowest BCUT2D eigenvalue weighted by Gasteiger charge is -2.24. The van der Waals surface area contributed by atoms with Crippen molar-refractivity contribution in [2.75, 3.05) is 18.0 Å². The molecule has 0 heterocycles. The molecular weight excluding hydrogens is 256 g/mol. The van der Waals surface area contributed by atoms with E-state index in [2.05, 4.69) is 0 Å². The molecule has 1 aromatic carbocycles. The minimum atomic E-state index is -3.87. The second kappa shape index (κ2) is 5.83. The van der Waals surface area contributed by atoms with E-state index < -0.39 is 16.0 Å². The van der Waals surface area contributed by atoms with Crippen molar-refractivity contribution in [2.45, 2.75) is 18.2 Å². The number of aliphatic carboxylic acids is 1. The highest BCUT2D eigenvalue weighted by Crippen LogP contribution is 2.23. The number of anilines is 1. The summed E-state index contributed by atoms with van der Waals surface area (Å²) in [6.45, 7) is 2.06. The van der Waals surface area contributed by atoms with Crippen LogP contribution in [-0.2, 0) is 14.8 Å². The van der Waals surface area contributed by atoms with E-state index in [1.54, 1.807) is 18.2 Å². The maximum atomic E-state index is 11.5. The number of carboxylic acids is 1. The van der Waals surface area contributed by atoms with E-state index in [-0.39, 0.29) is 11.4 Å². The number of rotatable bonds is 6. The second-order valence-corrected chi connectivity index (χ2v) is 5.36. The Morgan fingerprint density at radius 1 is 1.39 bits per heavy atom. The molecule has 0 unspecified atom stereocenters. The van der Waals surface area contributed by atoms with Gasteiger partial charge in [0.1, 0.15) is 11.4 Å². The summed E-state index contributed by atoms with van der Waals surface area (Å²) >= 11 is 0. The average Bonchev–Trinajstić information content (AvgIpc) is 2.27. The van der Waals surface area contributed by atoms with Crippen molar-refractivity contribution in [2.24, 2.45) is 5.14 Å². The van der Waals surface area contributed by atoms with E-state index in [0.29, 0.717) is 18.7 Å². The Balaban J connectivity index is 3.23. The molecule has 0 aromatic heterocycles. The zero-order valence-corrected chi connectivity index (χ0v) is 10.9. The van der Waals surface area contributed by atoms with Gasteiger partial charge in [0.25, 0.3) is 0 Å². The van der Waals surface area contributed by atoms with E-state index in [9.17, 15) is 13.2 Å². The van der Waals surface area contributed by atoms with Crippen LogP contribution in [0.4, 0.5) is 5.69 Å². The van der Waals surface area contributed by atoms with Crippen LogP contribution in [0, 0.1) is 0 Å². The third-order valence-corrected chi connectivity index (χ3v) is 3.29. The quantitative estimate of drug-likeness (QED) is 0.791. The standard InChI is InChI=1S/C11H16N2O4S/c1-2-7-13(8-11(14)15)9-5-3-4-6-10(9)18(12,16)17/h3-6H,2,7-8H2,1H3,(H,14,15)(H2,12,16,17). The van der Waals surface area contributed by atoms with Gasteiger partial charge in [-0.25, -0.2) is 13.6 Å². The van der Waals surface area contributed by atoms with Gasteiger partial charge in [0, 0.05) is 6.54 Å². The lowest BCUT2D eigenvalue weighted by atomic mass is 10.2. The van der Waals surface area contributed by atoms with Crippen molar-refractivity contribution >= 4 is 21.7 Å². The van der Waals surface area contributed by atoms with E-state index >= 15 is 0 Å². The van der Waals surface area contributed by atoms with E-state index in [4.69, 9.17) is 10.2 Å². The van der Waals surface area contributed by atoms with Gasteiger partial charge in [-0.2, -0.15) is 0 Å². The molecule has 0 aliphatic rings. The molecule has 0 atom stereocenters. The molecule has 3 N–H and O–H groups in total. The Morgan fingerprint density at radius 2 is 2.00 bits per heavy atom. The second-order valence-electron chi connectivity index (χ2n) is 3.83. The monoisotopic (exact) mass is 272 g/mol. The molecule has 0 bridgehead atoms. The number of nitrogens with zero attached hydrogens (tertiary/aromatic N) is 1. The minimum absolute atomic E-state index is 0.0558. The van der Waals surface area contributed by atoms with Gasteiger partial charge in [-0.1, -0.05) is 19.1 Å². The molecule has 7 heteroatoms.